The zero-order valence-corrected chi connectivity index (χ0v) is 11.8. The summed E-state index contributed by atoms with van der Waals surface area (Å²) in [5.74, 6) is -2.85. The van der Waals surface area contributed by atoms with Crippen molar-refractivity contribution in [1.29, 1.82) is 0 Å². The molecule has 19 heavy (non-hydrogen) atoms. The topological polar surface area (TPSA) is 12.0 Å². The minimum absolute atomic E-state index is 0.0401. The second-order valence-electron chi connectivity index (χ2n) is 4.30. The van der Waals surface area contributed by atoms with Crippen molar-refractivity contribution in [2.45, 2.75) is 12.5 Å². The average molecular weight is 326 g/mol. The first kappa shape index (κ1) is 14.2. The van der Waals surface area contributed by atoms with Crippen LogP contribution < -0.4 is 5.32 Å². The Bertz CT molecular complexity index is 511. The Morgan fingerprint density at radius 1 is 0.947 bits per heavy atom. The molecule has 2 rings (SSSR count). The van der Waals surface area contributed by atoms with Crippen molar-refractivity contribution >= 4 is 15.9 Å². The summed E-state index contributed by atoms with van der Waals surface area (Å²) in [5, 5.41) is 2.79. The molecule has 0 aliphatic rings. The molecule has 1 nitrogen and oxygen atoms in total. The molecule has 0 aliphatic heterocycles. The fourth-order valence-corrected chi connectivity index (χ4v) is 2.01. The van der Waals surface area contributed by atoms with Crippen LogP contribution in [0.4, 0.5) is 8.78 Å². The average Bonchev–Trinajstić information content (AvgIpc) is 2.42. The summed E-state index contributed by atoms with van der Waals surface area (Å²) in [6.45, 7) is 0.0583. The molecule has 0 fully saturated rings. The van der Waals surface area contributed by atoms with Crippen molar-refractivity contribution in [3.05, 3.63) is 70.2 Å². The Labute approximate surface area is 119 Å². The third kappa shape index (κ3) is 4.11. The van der Waals surface area contributed by atoms with Crippen molar-refractivity contribution in [3.8, 4) is 0 Å². The zero-order chi connectivity index (χ0) is 13.7. The molecular formula is C15H14BrF2N. The fraction of sp³-hybridized carbons (Fsp3) is 0.200. The standard InChI is InChI=1S/C15H14BrF2N/c16-14-8-6-12(7-9-14)10-19-11-15(17,18)13-4-2-1-3-5-13/h1-9,19H,10-11H2. The minimum atomic E-state index is -2.85. The number of rotatable bonds is 5. The Hall–Kier alpha value is -1.26. The Kier molecular flexibility index (Phi) is 4.66. The van der Waals surface area contributed by atoms with E-state index in [0.717, 1.165) is 10.0 Å². The molecule has 0 spiro atoms. The lowest BCUT2D eigenvalue weighted by molar-refractivity contribution is -0.00343. The number of alkyl halides is 2. The first-order valence-electron chi connectivity index (χ1n) is 5.96. The van der Waals surface area contributed by atoms with Gasteiger partial charge in [0.1, 0.15) is 0 Å². The zero-order valence-electron chi connectivity index (χ0n) is 10.2. The molecule has 0 unspecified atom stereocenters. The van der Waals surface area contributed by atoms with Gasteiger partial charge in [-0.05, 0) is 17.7 Å². The maximum atomic E-state index is 13.9. The quantitative estimate of drug-likeness (QED) is 0.862. The summed E-state index contributed by atoms with van der Waals surface area (Å²) >= 11 is 3.34. The molecule has 2 aromatic carbocycles. The highest BCUT2D eigenvalue weighted by atomic mass is 79.9. The summed E-state index contributed by atoms with van der Waals surface area (Å²) in [4.78, 5) is 0. The normalized spacial score (nSPS) is 11.5. The van der Waals surface area contributed by atoms with Gasteiger partial charge >= 0.3 is 0 Å². The molecule has 100 valence electrons. The Balaban J connectivity index is 1.90. The second-order valence-corrected chi connectivity index (χ2v) is 5.22. The van der Waals surface area contributed by atoms with Crippen molar-refractivity contribution in [1.82, 2.24) is 5.32 Å². The summed E-state index contributed by atoms with van der Waals surface area (Å²) in [5.41, 5.74) is 1.02. The monoisotopic (exact) mass is 325 g/mol. The molecule has 0 aliphatic carbocycles. The van der Waals surface area contributed by atoms with E-state index in [1.165, 1.54) is 12.1 Å². The van der Waals surface area contributed by atoms with Crippen LogP contribution >= 0.6 is 15.9 Å². The van der Waals surface area contributed by atoms with Gasteiger partial charge in [-0.2, -0.15) is 8.78 Å². The van der Waals surface area contributed by atoms with Gasteiger partial charge < -0.3 is 5.32 Å². The SMILES string of the molecule is FC(F)(CNCc1ccc(Br)cc1)c1ccccc1. The molecule has 0 aromatic heterocycles. The van der Waals surface area contributed by atoms with E-state index in [4.69, 9.17) is 0 Å². The van der Waals surface area contributed by atoms with Crippen LogP contribution in [0.15, 0.2) is 59.1 Å². The van der Waals surface area contributed by atoms with Gasteiger partial charge in [-0.25, -0.2) is 0 Å². The molecule has 1 N–H and O–H groups in total. The van der Waals surface area contributed by atoms with Crippen LogP contribution in [0.1, 0.15) is 11.1 Å². The van der Waals surface area contributed by atoms with Crippen LogP contribution in [0.2, 0.25) is 0 Å². The van der Waals surface area contributed by atoms with Crippen LogP contribution in [-0.4, -0.2) is 6.54 Å². The summed E-state index contributed by atoms with van der Waals surface area (Å²) < 4.78 is 28.7. The van der Waals surface area contributed by atoms with Crippen LogP contribution in [0, 0.1) is 0 Å². The van der Waals surface area contributed by atoms with E-state index in [1.807, 2.05) is 24.3 Å². The summed E-state index contributed by atoms with van der Waals surface area (Å²) in [6, 6.07) is 15.5. The molecule has 0 radical (unpaired) electrons. The third-order valence-electron chi connectivity index (χ3n) is 2.79. The minimum Gasteiger partial charge on any atom is -0.307 e. The smallest absolute Gasteiger partial charge is 0.285 e. The summed E-state index contributed by atoms with van der Waals surface area (Å²) in [7, 11) is 0. The lowest BCUT2D eigenvalue weighted by atomic mass is 10.1. The van der Waals surface area contributed by atoms with Crippen molar-refractivity contribution < 1.29 is 8.78 Å². The van der Waals surface area contributed by atoms with Gasteiger partial charge in [0.05, 0.1) is 6.54 Å². The van der Waals surface area contributed by atoms with Crippen LogP contribution in [0.25, 0.3) is 0 Å². The maximum Gasteiger partial charge on any atom is 0.285 e. The van der Waals surface area contributed by atoms with Gasteiger partial charge in [-0.15, -0.1) is 0 Å². The van der Waals surface area contributed by atoms with E-state index >= 15 is 0 Å². The van der Waals surface area contributed by atoms with Crippen molar-refractivity contribution in [2.24, 2.45) is 0 Å². The highest BCUT2D eigenvalue weighted by Gasteiger charge is 2.30. The Morgan fingerprint density at radius 3 is 2.21 bits per heavy atom. The lowest BCUT2D eigenvalue weighted by Gasteiger charge is -2.17. The lowest BCUT2D eigenvalue weighted by Crippen LogP contribution is -2.30. The van der Waals surface area contributed by atoms with Crippen molar-refractivity contribution in [2.75, 3.05) is 6.54 Å². The first-order chi connectivity index (χ1) is 9.08. The number of nitrogens with one attached hydrogen (secondary N) is 1. The molecule has 0 heterocycles. The Morgan fingerprint density at radius 2 is 1.58 bits per heavy atom. The van der Waals surface area contributed by atoms with E-state index < -0.39 is 5.92 Å². The van der Waals surface area contributed by atoms with E-state index in [9.17, 15) is 8.78 Å². The molecule has 0 bridgehead atoms. The number of hydrogen-bond acceptors (Lipinski definition) is 1. The number of halogens is 3. The fourth-order valence-electron chi connectivity index (χ4n) is 1.75. The van der Waals surface area contributed by atoms with Crippen LogP contribution in [0.3, 0.4) is 0 Å². The van der Waals surface area contributed by atoms with Crippen LogP contribution in [-0.2, 0) is 12.5 Å². The second kappa shape index (κ2) is 6.26. The van der Waals surface area contributed by atoms with E-state index in [1.54, 1.807) is 18.2 Å². The van der Waals surface area contributed by atoms with Gasteiger partial charge in [0, 0.05) is 16.6 Å². The largest absolute Gasteiger partial charge is 0.307 e. The van der Waals surface area contributed by atoms with Gasteiger partial charge in [-0.3, -0.25) is 0 Å². The molecule has 2 aromatic rings. The highest BCUT2D eigenvalue weighted by Crippen LogP contribution is 2.26. The molecular weight excluding hydrogens is 312 g/mol. The third-order valence-corrected chi connectivity index (χ3v) is 3.31. The predicted molar refractivity (Wildman–Crippen MR) is 76.2 cm³/mol. The molecule has 0 atom stereocenters. The van der Waals surface area contributed by atoms with E-state index in [-0.39, 0.29) is 12.1 Å². The number of hydrogen-bond donors (Lipinski definition) is 1. The van der Waals surface area contributed by atoms with E-state index in [0.29, 0.717) is 6.54 Å². The summed E-state index contributed by atoms with van der Waals surface area (Å²) in [6.07, 6.45) is 0. The van der Waals surface area contributed by atoms with Gasteiger partial charge in [-0.1, -0.05) is 58.4 Å². The molecule has 0 saturated heterocycles. The predicted octanol–water partition coefficient (Wildman–Crippen LogP) is 4.33. The maximum absolute atomic E-state index is 13.9. The molecule has 0 saturated carbocycles. The van der Waals surface area contributed by atoms with Crippen molar-refractivity contribution in [3.63, 3.8) is 0 Å². The molecule has 0 amide bonds. The number of benzene rings is 2. The highest BCUT2D eigenvalue weighted by molar-refractivity contribution is 9.10. The van der Waals surface area contributed by atoms with Gasteiger partial charge in [0.2, 0.25) is 0 Å². The van der Waals surface area contributed by atoms with Gasteiger partial charge in [0.15, 0.2) is 0 Å². The first-order valence-corrected chi connectivity index (χ1v) is 6.76. The van der Waals surface area contributed by atoms with E-state index in [2.05, 4.69) is 21.2 Å². The van der Waals surface area contributed by atoms with Gasteiger partial charge in [0.25, 0.3) is 5.92 Å². The van der Waals surface area contributed by atoms with Crippen LogP contribution in [0.5, 0.6) is 0 Å². The molecule has 4 heteroatoms.